The summed E-state index contributed by atoms with van der Waals surface area (Å²) >= 11 is 0. The SMILES string of the molecule is CC(OCc1ccccc1)C(NC(=O)c1cc(NC(=O)OCC2c3ccccc3-c3ccccc32)on1)C(=O)O. The summed E-state index contributed by atoms with van der Waals surface area (Å²) in [7, 11) is 0. The molecule has 0 spiro atoms. The lowest BCUT2D eigenvalue weighted by molar-refractivity contribution is -0.143. The second-order valence-corrected chi connectivity index (χ2v) is 9.32. The summed E-state index contributed by atoms with van der Waals surface area (Å²) in [5.74, 6) is -2.31. The number of anilines is 1. The lowest BCUT2D eigenvalue weighted by Crippen LogP contribution is -2.48. The van der Waals surface area contributed by atoms with Crippen LogP contribution >= 0.6 is 0 Å². The van der Waals surface area contributed by atoms with Gasteiger partial charge in [0.25, 0.3) is 5.91 Å². The summed E-state index contributed by atoms with van der Waals surface area (Å²) in [5.41, 5.74) is 5.02. The predicted molar refractivity (Wildman–Crippen MR) is 145 cm³/mol. The highest BCUT2D eigenvalue weighted by Crippen LogP contribution is 2.44. The molecule has 3 N–H and O–H groups in total. The van der Waals surface area contributed by atoms with E-state index in [0.717, 1.165) is 27.8 Å². The maximum Gasteiger partial charge on any atom is 0.414 e. The van der Waals surface area contributed by atoms with Gasteiger partial charge in [0.05, 0.1) is 12.7 Å². The van der Waals surface area contributed by atoms with E-state index in [-0.39, 0.29) is 30.7 Å². The van der Waals surface area contributed by atoms with Crippen molar-refractivity contribution in [1.82, 2.24) is 10.5 Å². The minimum absolute atomic E-state index is 0.0997. The van der Waals surface area contributed by atoms with Gasteiger partial charge in [0.2, 0.25) is 5.88 Å². The van der Waals surface area contributed by atoms with Gasteiger partial charge in [-0.25, -0.2) is 9.59 Å². The number of nitrogens with one attached hydrogen (secondary N) is 2. The highest BCUT2D eigenvalue weighted by molar-refractivity contribution is 5.96. The van der Waals surface area contributed by atoms with Gasteiger partial charge in [-0.1, -0.05) is 84.0 Å². The molecule has 204 valence electrons. The van der Waals surface area contributed by atoms with Crippen LogP contribution in [0, 0.1) is 0 Å². The standard InChI is InChI=1S/C30H27N3O7/c1-18(38-16-19-9-3-2-4-10-19)27(29(35)36)32-28(34)25-15-26(40-33-25)31-30(37)39-17-24-22-13-7-5-11-20(22)21-12-6-8-14-23(21)24/h2-15,18,24,27H,16-17H2,1H3,(H,31,37)(H,32,34)(H,35,36). The Morgan fingerprint density at radius 1 is 0.950 bits per heavy atom. The first-order chi connectivity index (χ1) is 19.4. The van der Waals surface area contributed by atoms with Crippen LogP contribution in [0.15, 0.2) is 89.5 Å². The third kappa shape index (κ3) is 5.87. The fourth-order valence-corrected chi connectivity index (χ4v) is 4.67. The lowest BCUT2D eigenvalue weighted by atomic mass is 9.98. The number of carbonyl (C=O) groups is 3. The van der Waals surface area contributed by atoms with E-state index in [1.807, 2.05) is 78.9 Å². The van der Waals surface area contributed by atoms with Crippen molar-refractivity contribution in [2.24, 2.45) is 0 Å². The van der Waals surface area contributed by atoms with Crippen LogP contribution in [0.3, 0.4) is 0 Å². The summed E-state index contributed by atoms with van der Waals surface area (Å²) in [6.07, 6.45) is -1.62. The molecule has 0 saturated carbocycles. The monoisotopic (exact) mass is 541 g/mol. The van der Waals surface area contributed by atoms with Gasteiger partial charge in [0.15, 0.2) is 11.7 Å². The van der Waals surface area contributed by atoms with Gasteiger partial charge in [-0.15, -0.1) is 0 Å². The topological polar surface area (TPSA) is 140 Å². The van der Waals surface area contributed by atoms with Crippen LogP contribution in [0.1, 0.15) is 40.0 Å². The highest BCUT2D eigenvalue weighted by atomic mass is 16.6. The number of amides is 2. The molecule has 0 aliphatic heterocycles. The second-order valence-electron chi connectivity index (χ2n) is 9.32. The minimum atomic E-state index is -1.34. The molecule has 5 rings (SSSR count). The van der Waals surface area contributed by atoms with Crippen molar-refractivity contribution in [1.29, 1.82) is 0 Å². The Kier molecular flexibility index (Phi) is 7.88. The molecule has 1 aliphatic carbocycles. The van der Waals surface area contributed by atoms with Gasteiger partial charge in [0.1, 0.15) is 6.61 Å². The van der Waals surface area contributed by atoms with Crippen LogP contribution in [0.5, 0.6) is 0 Å². The van der Waals surface area contributed by atoms with Crippen molar-refractivity contribution in [3.8, 4) is 11.1 Å². The van der Waals surface area contributed by atoms with Crippen LogP contribution in [0.25, 0.3) is 11.1 Å². The summed E-state index contributed by atoms with van der Waals surface area (Å²) < 4.78 is 16.2. The zero-order valence-electron chi connectivity index (χ0n) is 21.6. The molecule has 10 heteroatoms. The Morgan fingerprint density at radius 3 is 2.23 bits per heavy atom. The minimum Gasteiger partial charge on any atom is -0.480 e. The molecule has 0 fully saturated rings. The number of hydrogen-bond donors (Lipinski definition) is 3. The molecule has 0 saturated heterocycles. The average Bonchev–Trinajstić information content (AvgIpc) is 3.56. The molecule has 2 amide bonds. The Bertz CT molecular complexity index is 1470. The van der Waals surface area contributed by atoms with Crippen LogP contribution < -0.4 is 10.6 Å². The first-order valence-corrected chi connectivity index (χ1v) is 12.7. The number of aliphatic carboxylic acids is 1. The molecule has 3 aromatic carbocycles. The Balaban J connectivity index is 1.16. The molecule has 1 aromatic heterocycles. The number of carbonyl (C=O) groups excluding carboxylic acids is 2. The van der Waals surface area contributed by atoms with E-state index in [9.17, 15) is 19.5 Å². The third-order valence-corrected chi connectivity index (χ3v) is 6.69. The van der Waals surface area contributed by atoms with Gasteiger partial charge in [0, 0.05) is 12.0 Å². The van der Waals surface area contributed by atoms with Crippen molar-refractivity contribution in [3.63, 3.8) is 0 Å². The molecule has 10 nitrogen and oxygen atoms in total. The van der Waals surface area contributed by atoms with Crippen LogP contribution in [-0.2, 0) is 20.9 Å². The number of carboxylic acids is 1. The number of carboxylic acid groups (broad SMARTS) is 1. The first-order valence-electron chi connectivity index (χ1n) is 12.7. The number of ether oxygens (including phenoxy) is 2. The van der Waals surface area contributed by atoms with E-state index in [0.29, 0.717) is 0 Å². The molecule has 0 bridgehead atoms. The Labute approximate surface area is 229 Å². The largest absolute Gasteiger partial charge is 0.480 e. The third-order valence-electron chi connectivity index (χ3n) is 6.69. The molecule has 2 atom stereocenters. The summed E-state index contributed by atoms with van der Waals surface area (Å²) in [6.45, 7) is 1.83. The van der Waals surface area contributed by atoms with E-state index in [2.05, 4.69) is 15.8 Å². The van der Waals surface area contributed by atoms with Crippen LogP contribution in [0.4, 0.5) is 10.7 Å². The quantitative estimate of drug-likeness (QED) is 0.260. The van der Waals surface area contributed by atoms with E-state index < -0.39 is 30.1 Å². The molecule has 2 unspecified atom stereocenters. The molecule has 4 aromatic rings. The molecule has 1 aliphatic rings. The molecule has 1 heterocycles. The van der Waals surface area contributed by atoms with Gasteiger partial charge in [-0.05, 0) is 34.7 Å². The summed E-state index contributed by atoms with van der Waals surface area (Å²) in [6, 6.07) is 25.1. The van der Waals surface area contributed by atoms with E-state index in [1.54, 1.807) is 6.92 Å². The summed E-state index contributed by atoms with van der Waals surface area (Å²) in [4.78, 5) is 37.0. The van der Waals surface area contributed by atoms with Crippen molar-refractivity contribution in [2.45, 2.75) is 31.6 Å². The zero-order chi connectivity index (χ0) is 28.1. The smallest absolute Gasteiger partial charge is 0.414 e. The number of aromatic nitrogens is 1. The van der Waals surface area contributed by atoms with Gasteiger partial charge < -0.3 is 24.4 Å². The summed E-state index contributed by atoms with van der Waals surface area (Å²) in [5, 5.41) is 18.1. The maximum absolute atomic E-state index is 12.7. The second kappa shape index (κ2) is 11.8. The van der Waals surface area contributed by atoms with Gasteiger partial charge >= 0.3 is 12.1 Å². The van der Waals surface area contributed by atoms with E-state index in [1.165, 1.54) is 6.07 Å². The first kappa shape index (κ1) is 26.6. The predicted octanol–water partition coefficient (Wildman–Crippen LogP) is 4.82. The number of hydrogen-bond acceptors (Lipinski definition) is 7. The number of benzene rings is 3. The van der Waals surface area contributed by atoms with Crippen LogP contribution in [0.2, 0.25) is 0 Å². The lowest BCUT2D eigenvalue weighted by Gasteiger charge is -2.21. The molecular weight excluding hydrogens is 514 g/mol. The van der Waals surface area contributed by atoms with Crippen LogP contribution in [-0.4, -0.2) is 47.0 Å². The van der Waals surface area contributed by atoms with Crippen molar-refractivity contribution >= 4 is 23.9 Å². The molecule has 0 radical (unpaired) electrons. The fourth-order valence-electron chi connectivity index (χ4n) is 4.67. The van der Waals surface area contributed by atoms with E-state index >= 15 is 0 Å². The van der Waals surface area contributed by atoms with Gasteiger partial charge in [-0.3, -0.25) is 10.1 Å². The number of rotatable bonds is 10. The Hall–Kier alpha value is -4.96. The van der Waals surface area contributed by atoms with Gasteiger partial charge in [-0.2, -0.15) is 0 Å². The average molecular weight is 542 g/mol. The fraction of sp³-hybridized carbons (Fsp3) is 0.200. The normalized spacial score (nSPS) is 13.5. The number of nitrogens with zero attached hydrogens (tertiary/aromatic N) is 1. The molecule has 40 heavy (non-hydrogen) atoms. The Morgan fingerprint density at radius 2 is 1.57 bits per heavy atom. The van der Waals surface area contributed by atoms with E-state index in [4.69, 9.17) is 14.0 Å². The highest BCUT2D eigenvalue weighted by Gasteiger charge is 2.30. The van der Waals surface area contributed by atoms with Crippen molar-refractivity contribution in [3.05, 3.63) is 107 Å². The zero-order valence-corrected chi connectivity index (χ0v) is 21.6. The maximum atomic E-state index is 12.7. The number of fused-ring (bicyclic) bond motifs is 3. The van der Waals surface area contributed by atoms with Crippen molar-refractivity contribution < 1.29 is 33.5 Å². The van der Waals surface area contributed by atoms with Crippen molar-refractivity contribution in [2.75, 3.05) is 11.9 Å². The molecular formula is C30H27N3O7.